The number of carbonyl (C=O) groups excluding carboxylic acids is 3. The molecule has 1 N–H and O–H groups in total. The topological polar surface area (TPSA) is 73.0 Å². The number of hydrogen-bond donors (Lipinski definition) is 1. The van der Waals surface area contributed by atoms with Crippen LogP contribution in [-0.2, 0) is 16.0 Å². The number of amides is 3. The molecule has 8 heteroatoms. The summed E-state index contributed by atoms with van der Waals surface area (Å²) >= 11 is 6.00. The number of halogens is 1. The second-order valence-corrected chi connectivity index (χ2v) is 8.70. The highest BCUT2D eigenvalue weighted by atomic mass is 35.5. The molecule has 0 saturated carbocycles. The molecule has 0 spiro atoms. The lowest BCUT2D eigenvalue weighted by Gasteiger charge is -2.38. The molecule has 176 valence electrons. The van der Waals surface area contributed by atoms with E-state index in [0.717, 1.165) is 17.7 Å². The van der Waals surface area contributed by atoms with E-state index in [9.17, 15) is 14.4 Å². The average Bonchev–Trinajstić information content (AvgIpc) is 2.83. The predicted octanol–water partition coefficient (Wildman–Crippen LogP) is 3.15. The third-order valence-corrected chi connectivity index (χ3v) is 6.24. The Morgan fingerprint density at radius 1 is 1.06 bits per heavy atom. The number of aryl methyl sites for hydroxylation is 1. The quantitative estimate of drug-likeness (QED) is 0.674. The van der Waals surface area contributed by atoms with Crippen LogP contribution in [0.5, 0.6) is 0 Å². The fourth-order valence-electron chi connectivity index (χ4n) is 4.03. The van der Waals surface area contributed by atoms with Gasteiger partial charge < -0.3 is 15.1 Å². The normalized spacial score (nSPS) is 15.1. The lowest BCUT2D eigenvalue weighted by Crippen LogP contribution is -2.55. The van der Waals surface area contributed by atoms with Gasteiger partial charge in [0, 0.05) is 49.5 Å². The van der Waals surface area contributed by atoms with E-state index in [4.69, 9.17) is 11.6 Å². The van der Waals surface area contributed by atoms with Crippen LogP contribution < -0.4 is 5.32 Å². The van der Waals surface area contributed by atoms with Gasteiger partial charge in [-0.15, -0.1) is 0 Å². The number of nitrogens with zero attached hydrogens (tertiary/aromatic N) is 3. The van der Waals surface area contributed by atoms with E-state index in [1.54, 1.807) is 36.2 Å². The van der Waals surface area contributed by atoms with Crippen LogP contribution in [0.15, 0.2) is 48.5 Å². The molecular weight excluding hydrogens is 440 g/mol. The Bertz CT molecular complexity index is 1000. The number of hydrogen-bond acceptors (Lipinski definition) is 4. The molecule has 3 rings (SSSR count). The summed E-state index contributed by atoms with van der Waals surface area (Å²) in [5, 5.41) is 3.43. The molecule has 0 aliphatic carbocycles. The van der Waals surface area contributed by atoms with Crippen LogP contribution in [0.2, 0.25) is 5.02 Å². The van der Waals surface area contributed by atoms with E-state index in [-0.39, 0.29) is 30.3 Å². The minimum Gasteiger partial charge on any atom is -0.336 e. The molecule has 1 fully saturated rings. The first-order chi connectivity index (χ1) is 15.8. The summed E-state index contributed by atoms with van der Waals surface area (Å²) in [7, 11) is 1.64. The van der Waals surface area contributed by atoms with Gasteiger partial charge in [-0.2, -0.15) is 0 Å². The summed E-state index contributed by atoms with van der Waals surface area (Å²) in [4.78, 5) is 43.4. The molecule has 0 radical (unpaired) electrons. The SMILES string of the molecule is CCc1ccccc1NC(=O)CN(C)C(=O)C(C)N1CCN(C(=O)c2cccc(Cl)c2)CC1. The third-order valence-electron chi connectivity index (χ3n) is 6.01. The maximum Gasteiger partial charge on any atom is 0.253 e. The molecule has 33 heavy (non-hydrogen) atoms. The summed E-state index contributed by atoms with van der Waals surface area (Å²) in [6.07, 6.45) is 0.814. The van der Waals surface area contributed by atoms with Crippen LogP contribution >= 0.6 is 11.6 Å². The van der Waals surface area contributed by atoms with Crippen molar-refractivity contribution in [1.29, 1.82) is 0 Å². The lowest BCUT2D eigenvalue weighted by molar-refractivity contribution is -0.138. The summed E-state index contributed by atoms with van der Waals surface area (Å²) in [6, 6.07) is 14.2. The highest BCUT2D eigenvalue weighted by Gasteiger charge is 2.30. The fourth-order valence-corrected chi connectivity index (χ4v) is 4.22. The van der Waals surface area contributed by atoms with Gasteiger partial charge in [-0.25, -0.2) is 0 Å². The predicted molar refractivity (Wildman–Crippen MR) is 130 cm³/mol. The molecule has 1 atom stereocenters. The molecule has 1 heterocycles. The van der Waals surface area contributed by atoms with Crippen molar-refractivity contribution in [1.82, 2.24) is 14.7 Å². The number of rotatable bonds is 7. The summed E-state index contributed by atoms with van der Waals surface area (Å²) in [6.45, 7) is 6.09. The number of benzene rings is 2. The second-order valence-electron chi connectivity index (χ2n) is 8.27. The maximum absolute atomic E-state index is 12.9. The van der Waals surface area contributed by atoms with Gasteiger partial charge in [0.2, 0.25) is 11.8 Å². The number of likely N-dealkylation sites (N-methyl/N-ethyl adjacent to an activating group) is 1. The van der Waals surface area contributed by atoms with Crippen LogP contribution in [0.4, 0.5) is 5.69 Å². The second kappa shape index (κ2) is 11.3. The van der Waals surface area contributed by atoms with Crippen molar-refractivity contribution < 1.29 is 14.4 Å². The summed E-state index contributed by atoms with van der Waals surface area (Å²) in [5.74, 6) is -0.406. The lowest BCUT2D eigenvalue weighted by atomic mass is 10.1. The van der Waals surface area contributed by atoms with E-state index in [1.807, 2.05) is 43.0 Å². The number of piperazine rings is 1. The fraction of sp³-hybridized carbons (Fsp3) is 0.400. The number of anilines is 1. The Hall–Kier alpha value is -2.90. The molecule has 1 aliphatic heterocycles. The number of para-hydroxylation sites is 1. The molecule has 1 saturated heterocycles. The first-order valence-corrected chi connectivity index (χ1v) is 11.6. The van der Waals surface area contributed by atoms with Crippen molar-refractivity contribution in [3.63, 3.8) is 0 Å². The van der Waals surface area contributed by atoms with Crippen LogP contribution in [0.1, 0.15) is 29.8 Å². The van der Waals surface area contributed by atoms with Gasteiger partial charge in [0.25, 0.3) is 5.91 Å². The molecule has 0 aromatic heterocycles. The molecule has 1 aliphatic rings. The van der Waals surface area contributed by atoms with E-state index in [1.165, 1.54) is 4.90 Å². The monoisotopic (exact) mass is 470 g/mol. The molecule has 2 aromatic rings. The zero-order valence-corrected chi connectivity index (χ0v) is 20.1. The van der Waals surface area contributed by atoms with Gasteiger partial charge in [-0.05, 0) is 43.2 Å². The molecule has 0 bridgehead atoms. The Morgan fingerprint density at radius 3 is 2.42 bits per heavy atom. The van der Waals surface area contributed by atoms with E-state index in [2.05, 4.69) is 5.32 Å². The van der Waals surface area contributed by atoms with E-state index >= 15 is 0 Å². The van der Waals surface area contributed by atoms with Crippen LogP contribution in [-0.4, -0.2) is 78.2 Å². The van der Waals surface area contributed by atoms with Gasteiger partial charge >= 0.3 is 0 Å². The third kappa shape index (κ3) is 6.33. The first kappa shape index (κ1) is 24.7. The zero-order valence-electron chi connectivity index (χ0n) is 19.4. The first-order valence-electron chi connectivity index (χ1n) is 11.2. The van der Waals surface area contributed by atoms with Gasteiger partial charge in [0.05, 0.1) is 12.6 Å². The maximum atomic E-state index is 12.9. The van der Waals surface area contributed by atoms with Crippen molar-refractivity contribution in [2.75, 3.05) is 45.1 Å². The molecular formula is C25H31ClN4O3. The Kier molecular flexibility index (Phi) is 8.47. The number of carbonyl (C=O) groups is 3. The van der Waals surface area contributed by atoms with Crippen molar-refractivity contribution >= 4 is 35.0 Å². The zero-order chi connectivity index (χ0) is 24.0. The van der Waals surface area contributed by atoms with Crippen molar-refractivity contribution in [2.45, 2.75) is 26.3 Å². The Morgan fingerprint density at radius 2 is 1.76 bits per heavy atom. The minimum atomic E-state index is -0.380. The summed E-state index contributed by atoms with van der Waals surface area (Å²) in [5.41, 5.74) is 2.40. The van der Waals surface area contributed by atoms with Gasteiger partial charge in [0.15, 0.2) is 0 Å². The largest absolute Gasteiger partial charge is 0.336 e. The Balaban J connectivity index is 1.50. The average molecular weight is 471 g/mol. The molecule has 1 unspecified atom stereocenters. The highest BCUT2D eigenvalue weighted by Crippen LogP contribution is 2.17. The van der Waals surface area contributed by atoms with Crippen LogP contribution in [0.3, 0.4) is 0 Å². The van der Waals surface area contributed by atoms with Gasteiger partial charge in [-0.1, -0.05) is 42.8 Å². The van der Waals surface area contributed by atoms with Gasteiger partial charge in [0.1, 0.15) is 0 Å². The van der Waals surface area contributed by atoms with Crippen LogP contribution in [0, 0.1) is 0 Å². The standard InChI is InChI=1S/C25H31ClN4O3/c1-4-19-8-5-6-11-22(19)27-23(31)17-28(3)24(32)18(2)29-12-14-30(15-13-29)25(33)20-9-7-10-21(26)16-20/h5-11,16,18H,4,12-15,17H2,1-3H3,(H,27,31). The van der Waals surface area contributed by atoms with Gasteiger partial charge in [-0.3, -0.25) is 19.3 Å². The van der Waals surface area contributed by atoms with E-state index < -0.39 is 0 Å². The number of nitrogens with one attached hydrogen (secondary N) is 1. The Labute approximate surface area is 200 Å². The molecule has 7 nitrogen and oxygen atoms in total. The van der Waals surface area contributed by atoms with Crippen molar-refractivity contribution in [3.05, 3.63) is 64.7 Å². The molecule has 2 aromatic carbocycles. The minimum absolute atomic E-state index is 0.0194. The molecule has 3 amide bonds. The smallest absolute Gasteiger partial charge is 0.253 e. The summed E-state index contributed by atoms with van der Waals surface area (Å²) < 4.78 is 0. The van der Waals surface area contributed by atoms with Crippen LogP contribution in [0.25, 0.3) is 0 Å². The van der Waals surface area contributed by atoms with E-state index in [0.29, 0.717) is 36.8 Å². The highest BCUT2D eigenvalue weighted by molar-refractivity contribution is 6.30. The van der Waals surface area contributed by atoms with Crippen molar-refractivity contribution in [2.24, 2.45) is 0 Å². The van der Waals surface area contributed by atoms with Crippen molar-refractivity contribution in [3.8, 4) is 0 Å².